The van der Waals surface area contributed by atoms with E-state index in [0.29, 0.717) is 24.4 Å². The summed E-state index contributed by atoms with van der Waals surface area (Å²) in [5, 5.41) is 0. The largest absolute Gasteiger partial charge is 0.307 e. The van der Waals surface area contributed by atoms with Gasteiger partial charge < -0.3 is 4.90 Å². The van der Waals surface area contributed by atoms with Crippen molar-refractivity contribution in [3.63, 3.8) is 0 Å². The van der Waals surface area contributed by atoms with Gasteiger partial charge >= 0.3 is 0 Å². The lowest BCUT2D eigenvalue weighted by atomic mass is 9.83. The molecule has 1 aromatic carbocycles. The third-order valence-corrected chi connectivity index (χ3v) is 5.39. The number of carbonyl (C=O) groups excluding carboxylic acids is 2. The van der Waals surface area contributed by atoms with E-state index in [-0.39, 0.29) is 17.6 Å². The number of hydrogen-bond acceptors (Lipinski definition) is 4. The van der Waals surface area contributed by atoms with Crippen LogP contribution in [-0.4, -0.2) is 28.2 Å². The quantitative estimate of drug-likeness (QED) is 0.853. The Kier molecular flexibility index (Phi) is 2.86. The minimum Gasteiger partial charge on any atom is -0.307 e. The fraction of sp³-hybridized carbons (Fsp3) is 0.368. The van der Waals surface area contributed by atoms with Crippen LogP contribution in [0.25, 0.3) is 0 Å². The molecule has 0 saturated heterocycles. The molecule has 1 fully saturated rings. The smallest absolute Gasteiger partial charge is 0.261 e. The zero-order valence-corrected chi connectivity index (χ0v) is 13.2. The minimum atomic E-state index is -0.0345. The predicted octanol–water partition coefficient (Wildman–Crippen LogP) is 3.07. The van der Waals surface area contributed by atoms with Gasteiger partial charge in [0.25, 0.3) is 5.91 Å². The second-order valence-electron chi connectivity index (χ2n) is 6.91. The van der Waals surface area contributed by atoms with E-state index < -0.39 is 0 Å². The summed E-state index contributed by atoms with van der Waals surface area (Å²) in [5.41, 5.74) is 4.24. The standard InChI is InChI=1S/C19H17N3O2/c23-16-7-6-12-9-22(15-3-1-2-13(16)17(12)15)19(24)14-8-20-10-21-18(14)11-4-5-11/h1-3,8,10-12H,4-7,9H2. The lowest BCUT2D eigenvalue weighted by molar-refractivity contribution is 0.0968. The van der Waals surface area contributed by atoms with Gasteiger partial charge in [0, 0.05) is 42.2 Å². The van der Waals surface area contributed by atoms with Crippen LogP contribution in [0.1, 0.15) is 69.5 Å². The van der Waals surface area contributed by atoms with Crippen LogP contribution < -0.4 is 4.90 Å². The van der Waals surface area contributed by atoms with Crippen molar-refractivity contribution < 1.29 is 9.59 Å². The molecule has 1 aromatic heterocycles. The maximum Gasteiger partial charge on any atom is 0.261 e. The van der Waals surface area contributed by atoms with Crippen molar-refractivity contribution in [1.29, 1.82) is 0 Å². The van der Waals surface area contributed by atoms with Gasteiger partial charge in [-0.05, 0) is 30.9 Å². The zero-order chi connectivity index (χ0) is 16.3. The average Bonchev–Trinajstić information content (AvgIpc) is 3.40. The number of rotatable bonds is 2. The fourth-order valence-corrected chi connectivity index (χ4v) is 4.07. The molecule has 1 unspecified atom stereocenters. The molecule has 120 valence electrons. The lowest BCUT2D eigenvalue weighted by Gasteiger charge is -2.19. The van der Waals surface area contributed by atoms with Crippen molar-refractivity contribution in [2.45, 2.75) is 37.5 Å². The summed E-state index contributed by atoms with van der Waals surface area (Å²) >= 11 is 0. The van der Waals surface area contributed by atoms with Gasteiger partial charge in [-0.15, -0.1) is 0 Å². The first-order chi connectivity index (χ1) is 11.7. The van der Waals surface area contributed by atoms with Crippen LogP contribution >= 0.6 is 0 Å². The molecule has 1 atom stereocenters. The van der Waals surface area contributed by atoms with Gasteiger partial charge in [-0.3, -0.25) is 9.59 Å². The highest BCUT2D eigenvalue weighted by Gasteiger charge is 2.40. The first kappa shape index (κ1) is 13.8. The van der Waals surface area contributed by atoms with Crippen molar-refractivity contribution in [1.82, 2.24) is 9.97 Å². The molecule has 5 heteroatoms. The molecule has 2 aromatic rings. The van der Waals surface area contributed by atoms with Crippen molar-refractivity contribution in [2.24, 2.45) is 0 Å². The molecular weight excluding hydrogens is 302 g/mol. The fourth-order valence-electron chi connectivity index (χ4n) is 4.07. The Morgan fingerprint density at radius 1 is 1.17 bits per heavy atom. The van der Waals surface area contributed by atoms with Crippen LogP contribution in [0.15, 0.2) is 30.7 Å². The average molecular weight is 319 g/mol. The van der Waals surface area contributed by atoms with Crippen molar-refractivity contribution in [3.8, 4) is 0 Å². The molecule has 2 aliphatic carbocycles. The Morgan fingerprint density at radius 3 is 2.88 bits per heavy atom. The van der Waals surface area contributed by atoms with E-state index in [1.807, 2.05) is 23.1 Å². The maximum atomic E-state index is 13.2. The highest BCUT2D eigenvalue weighted by atomic mass is 16.2. The van der Waals surface area contributed by atoms with Crippen molar-refractivity contribution >= 4 is 17.4 Å². The Morgan fingerprint density at radius 2 is 2.04 bits per heavy atom. The summed E-state index contributed by atoms with van der Waals surface area (Å²) in [7, 11) is 0. The van der Waals surface area contributed by atoms with Gasteiger partial charge in [-0.1, -0.05) is 12.1 Å². The van der Waals surface area contributed by atoms with E-state index in [0.717, 1.165) is 41.8 Å². The molecule has 0 N–H and O–H groups in total. The third-order valence-electron chi connectivity index (χ3n) is 5.39. The summed E-state index contributed by atoms with van der Waals surface area (Å²) in [6.07, 6.45) is 6.75. The van der Waals surface area contributed by atoms with Crippen molar-refractivity contribution in [2.75, 3.05) is 11.4 Å². The maximum absolute atomic E-state index is 13.2. The minimum absolute atomic E-state index is 0.0345. The molecule has 5 rings (SSSR count). The molecule has 1 amide bonds. The van der Waals surface area contributed by atoms with E-state index in [1.165, 1.54) is 6.33 Å². The zero-order valence-electron chi connectivity index (χ0n) is 13.2. The predicted molar refractivity (Wildman–Crippen MR) is 88.4 cm³/mol. The summed E-state index contributed by atoms with van der Waals surface area (Å²) in [6.45, 7) is 0.650. The topological polar surface area (TPSA) is 63.2 Å². The second kappa shape index (κ2) is 4.97. The number of amides is 1. The molecule has 5 nitrogen and oxygen atoms in total. The van der Waals surface area contributed by atoms with Gasteiger partial charge in [0.1, 0.15) is 6.33 Å². The highest BCUT2D eigenvalue weighted by Crippen LogP contribution is 2.46. The van der Waals surface area contributed by atoms with Gasteiger partial charge in [0.15, 0.2) is 5.78 Å². The number of benzene rings is 1. The van der Waals surface area contributed by atoms with Crippen LogP contribution in [0.2, 0.25) is 0 Å². The Labute approximate surface area is 139 Å². The van der Waals surface area contributed by atoms with Crippen LogP contribution in [0.5, 0.6) is 0 Å². The molecule has 0 radical (unpaired) electrons. The number of anilines is 1. The Balaban J connectivity index is 1.58. The molecule has 1 saturated carbocycles. The van der Waals surface area contributed by atoms with Crippen molar-refractivity contribution in [3.05, 3.63) is 53.1 Å². The molecular formula is C19H17N3O2. The number of Topliss-reactive ketones (excluding diaryl/α,β-unsaturated/α-hetero) is 1. The molecule has 0 spiro atoms. The van der Waals surface area contributed by atoms with E-state index in [1.54, 1.807) is 6.20 Å². The van der Waals surface area contributed by atoms with E-state index in [9.17, 15) is 9.59 Å². The van der Waals surface area contributed by atoms with E-state index in [2.05, 4.69) is 9.97 Å². The second-order valence-corrected chi connectivity index (χ2v) is 6.91. The SMILES string of the molecule is O=C1CCC2CN(C(=O)c3cncnc3C3CC3)c3cccc1c32. The number of ketones is 1. The van der Waals surface area contributed by atoms with Crippen LogP contribution in [0.3, 0.4) is 0 Å². The molecule has 24 heavy (non-hydrogen) atoms. The van der Waals surface area contributed by atoms with Crippen LogP contribution in [-0.2, 0) is 0 Å². The summed E-state index contributed by atoms with van der Waals surface area (Å²) < 4.78 is 0. The highest BCUT2D eigenvalue weighted by molar-refractivity contribution is 6.10. The van der Waals surface area contributed by atoms with Gasteiger partial charge in [-0.2, -0.15) is 0 Å². The number of hydrogen-bond donors (Lipinski definition) is 0. The van der Waals surface area contributed by atoms with Gasteiger partial charge in [0.2, 0.25) is 0 Å². The monoisotopic (exact) mass is 319 g/mol. The van der Waals surface area contributed by atoms with Gasteiger partial charge in [0.05, 0.1) is 11.3 Å². The molecule has 3 aliphatic rings. The number of carbonyl (C=O) groups is 2. The van der Waals surface area contributed by atoms with E-state index in [4.69, 9.17) is 0 Å². The van der Waals surface area contributed by atoms with Crippen LogP contribution in [0.4, 0.5) is 5.69 Å². The van der Waals surface area contributed by atoms with E-state index >= 15 is 0 Å². The Bertz CT molecular complexity index is 873. The van der Waals surface area contributed by atoms with Gasteiger partial charge in [-0.25, -0.2) is 9.97 Å². The third kappa shape index (κ3) is 1.94. The Hall–Kier alpha value is -2.56. The molecule has 1 aliphatic heterocycles. The molecule has 0 bridgehead atoms. The summed E-state index contributed by atoms with van der Waals surface area (Å²) in [5.74, 6) is 0.826. The van der Waals surface area contributed by atoms with Crippen LogP contribution in [0, 0.1) is 0 Å². The number of nitrogens with zero attached hydrogens (tertiary/aromatic N) is 3. The first-order valence-corrected chi connectivity index (χ1v) is 8.52. The summed E-state index contributed by atoms with van der Waals surface area (Å²) in [4.78, 5) is 35.6. The normalized spacial score (nSPS) is 21.8. The summed E-state index contributed by atoms with van der Waals surface area (Å²) in [6, 6.07) is 5.72. The molecule has 2 heterocycles. The first-order valence-electron chi connectivity index (χ1n) is 8.52. The number of aromatic nitrogens is 2. The lowest BCUT2D eigenvalue weighted by Crippen LogP contribution is -2.31.